The highest BCUT2D eigenvalue weighted by Crippen LogP contribution is 2.40. The Morgan fingerprint density at radius 2 is 1.29 bits per heavy atom. The lowest BCUT2D eigenvalue weighted by Crippen LogP contribution is -2.21. The van der Waals surface area contributed by atoms with Gasteiger partial charge in [-0.2, -0.15) is 0 Å². The Hall–Kier alpha value is -2.26. The molecule has 0 unspecified atom stereocenters. The molecule has 0 amide bonds. The van der Waals surface area contributed by atoms with Gasteiger partial charge >= 0.3 is 12.7 Å². The van der Waals surface area contributed by atoms with Gasteiger partial charge in [-0.25, -0.2) is 9.97 Å². The summed E-state index contributed by atoms with van der Waals surface area (Å²) >= 11 is 0. The van der Waals surface area contributed by atoms with Gasteiger partial charge in [-0.15, -0.1) is 26.3 Å². The fraction of sp³-hybridized carbons (Fsp3) is 0.429. The third-order valence-corrected chi connectivity index (χ3v) is 2.86. The molecule has 132 valence electrons. The van der Waals surface area contributed by atoms with Crippen molar-refractivity contribution in [3.63, 3.8) is 0 Å². The number of nitrogens with zero attached hydrogens (tertiary/aromatic N) is 2. The molecule has 0 saturated heterocycles. The van der Waals surface area contributed by atoms with Crippen molar-refractivity contribution in [3.05, 3.63) is 24.2 Å². The quantitative estimate of drug-likeness (QED) is 0.732. The molecular formula is C14H12F6N2O2. The first-order chi connectivity index (χ1) is 10.8. The Morgan fingerprint density at radius 1 is 0.792 bits per heavy atom. The zero-order valence-corrected chi connectivity index (χ0v) is 12.7. The van der Waals surface area contributed by atoms with Crippen LogP contribution in [0.4, 0.5) is 26.3 Å². The second-order valence-electron chi connectivity index (χ2n) is 5.88. The van der Waals surface area contributed by atoms with Crippen molar-refractivity contribution in [3.8, 4) is 11.5 Å². The van der Waals surface area contributed by atoms with Gasteiger partial charge in [-0.05, 0) is 6.07 Å². The number of alkyl halides is 6. The molecule has 0 N–H and O–H groups in total. The average Bonchev–Trinajstić information content (AvgIpc) is 2.34. The van der Waals surface area contributed by atoms with Gasteiger partial charge in [-0.1, -0.05) is 20.8 Å². The zero-order valence-electron chi connectivity index (χ0n) is 12.7. The molecule has 1 aromatic carbocycles. The van der Waals surface area contributed by atoms with E-state index in [0.29, 0.717) is 5.69 Å². The molecule has 2 rings (SSSR count). The SMILES string of the molecule is CC(C)(C)c1ncnc2cc(OC(F)(F)F)c(OC(F)(F)F)cc12. The van der Waals surface area contributed by atoms with E-state index < -0.39 is 29.6 Å². The molecule has 10 heteroatoms. The van der Waals surface area contributed by atoms with E-state index in [4.69, 9.17) is 0 Å². The van der Waals surface area contributed by atoms with E-state index in [2.05, 4.69) is 19.4 Å². The van der Waals surface area contributed by atoms with Crippen LogP contribution in [0.15, 0.2) is 18.5 Å². The number of hydrogen-bond donors (Lipinski definition) is 0. The maximum absolute atomic E-state index is 12.5. The van der Waals surface area contributed by atoms with Crippen LogP contribution in [-0.2, 0) is 5.41 Å². The standard InChI is InChI=1S/C14H12F6N2O2/c1-12(2,3)11-7-4-9(23-13(15,16)17)10(24-14(18,19)20)5-8(7)21-6-22-11/h4-6H,1-3H3. The van der Waals surface area contributed by atoms with Crippen LogP contribution < -0.4 is 9.47 Å². The number of rotatable bonds is 2. The van der Waals surface area contributed by atoms with Crippen LogP contribution in [0.2, 0.25) is 0 Å². The molecule has 0 radical (unpaired) electrons. The Kier molecular flexibility index (Phi) is 4.28. The highest BCUT2D eigenvalue weighted by atomic mass is 19.4. The van der Waals surface area contributed by atoms with Crippen molar-refractivity contribution >= 4 is 10.9 Å². The third-order valence-electron chi connectivity index (χ3n) is 2.86. The van der Waals surface area contributed by atoms with Gasteiger partial charge in [0.1, 0.15) is 6.33 Å². The molecule has 1 heterocycles. The van der Waals surface area contributed by atoms with E-state index >= 15 is 0 Å². The first kappa shape index (κ1) is 18.1. The summed E-state index contributed by atoms with van der Waals surface area (Å²) in [5.74, 6) is -2.25. The van der Waals surface area contributed by atoms with E-state index in [-0.39, 0.29) is 10.9 Å². The molecule has 0 aliphatic heterocycles. The minimum absolute atomic E-state index is 0.00343. The van der Waals surface area contributed by atoms with Gasteiger partial charge in [0.25, 0.3) is 0 Å². The summed E-state index contributed by atoms with van der Waals surface area (Å²) in [5, 5.41) is 0.138. The molecule has 0 aliphatic carbocycles. The van der Waals surface area contributed by atoms with Crippen molar-refractivity contribution in [1.29, 1.82) is 0 Å². The number of benzene rings is 1. The predicted octanol–water partition coefficient (Wildman–Crippen LogP) is 4.72. The van der Waals surface area contributed by atoms with Crippen molar-refractivity contribution in [2.24, 2.45) is 0 Å². The molecule has 4 nitrogen and oxygen atoms in total. The van der Waals surface area contributed by atoms with E-state index in [0.717, 1.165) is 18.5 Å². The molecule has 24 heavy (non-hydrogen) atoms. The minimum atomic E-state index is -5.19. The average molecular weight is 354 g/mol. The maximum Gasteiger partial charge on any atom is 0.573 e. The highest BCUT2D eigenvalue weighted by molar-refractivity contribution is 5.85. The molecule has 0 spiro atoms. The Labute approximate surface area is 132 Å². The van der Waals surface area contributed by atoms with Crippen LogP contribution in [0, 0.1) is 0 Å². The number of halogens is 6. The smallest absolute Gasteiger partial charge is 0.402 e. The number of hydrogen-bond acceptors (Lipinski definition) is 4. The molecule has 2 aromatic rings. The monoisotopic (exact) mass is 354 g/mol. The zero-order chi connectivity index (χ0) is 18.3. The summed E-state index contributed by atoms with van der Waals surface area (Å²) in [6, 6.07) is 1.53. The van der Waals surface area contributed by atoms with Crippen molar-refractivity contribution < 1.29 is 35.8 Å². The van der Waals surface area contributed by atoms with Gasteiger partial charge in [0, 0.05) is 16.9 Å². The molecule has 0 aliphatic rings. The minimum Gasteiger partial charge on any atom is -0.402 e. The van der Waals surface area contributed by atoms with Crippen molar-refractivity contribution in [2.45, 2.75) is 38.9 Å². The first-order valence-corrected chi connectivity index (χ1v) is 6.57. The summed E-state index contributed by atoms with van der Waals surface area (Å²) in [7, 11) is 0. The van der Waals surface area contributed by atoms with E-state index in [1.54, 1.807) is 20.8 Å². The molecule has 0 fully saturated rings. The van der Waals surface area contributed by atoms with Crippen LogP contribution in [0.1, 0.15) is 26.5 Å². The van der Waals surface area contributed by atoms with Crippen LogP contribution in [0.3, 0.4) is 0 Å². The van der Waals surface area contributed by atoms with E-state index in [1.165, 1.54) is 0 Å². The first-order valence-electron chi connectivity index (χ1n) is 6.57. The van der Waals surface area contributed by atoms with Crippen LogP contribution in [0.5, 0.6) is 11.5 Å². The van der Waals surface area contributed by atoms with Gasteiger partial charge in [0.05, 0.1) is 11.2 Å². The lowest BCUT2D eigenvalue weighted by atomic mass is 9.89. The van der Waals surface area contributed by atoms with E-state index in [1.807, 2.05) is 0 Å². The Balaban J connectivity index is 2.70. The fourth-order valence-electron chi connectivity index (χ4n) is 2.07. The van der Waals surface area contributed by atoms with Crippen molar-refractivity contribution in [1.82, 2.24) is 9.97 Å². The summed E-state index contributed by atoms with van der Waals surface area (Å²) in [6.45, 7) is 5.25. The second-order valence-corrected chi connectivity index (χ2v) is 5.88. The van der Waals surface area contributed by atoms with Crippen LogP contribution in [-0.4, -0.2) is 22.7 Å². The fourth-order valence-corrected chi connectivity index (χ4v) is 2.07. The second kappa shape index (κ2) is 5.67. The van der Waals surface area contributed by atoms with E-state index in [9.17, 15) is 26.3 Å². The Morgan fingerprint density at radius 3 is 1.75 bits per heavy atom. The summed E-state index contributed by atoms with van der Waals surface area (Å²) in [5.41, 5.74) is -0.218. The highest BCUT2D eigenvalue weighted by Gasteiger charge is 2.37. The molecule has 1 aromatic heterocycles. The maximum atomic E-state index is 12.5. The topological polar surface area (TPSA) is 44.2 Å². The normalized spacial score (nSPS) is 13.2. The number of fused-ring (bicyclic) bond motifs is 1. The molecule has 0 saturated carbocycles. The lowest BCUT2D eigenvalue weighted by molar-refractivity contribution is -0.287. The van der Waals surface area contributed by atoms with Gasteiger partial charge < -0.3 is 9.47 Å². The number of aromatic nitrogens is 2. The largest absolute Gasteiger partial charge is 0.573 e. The summed E-state index contributed by atoms with van der Waals surface area (Å²) < 4.78 is 82.1. The van der Waals surface area contributed by atoms with Crippen molar-refractivity contribution in [2.75, 3.05) is 0 Å². The third kappa shape index (κ3) is 4.39. The van der Waals surface area contributed by atoms with Crippen LogP contribution in [0.25, 0.3) is 10.9 Å². The molecule has 0 bridgehead atoms. The Bertz CT molecular complexity index is 750. The summed E-state index contributed by atoms with van der Waals surface area (Å²) in [4.78, 5) is 7.80. The summed E-state index contributed by atoms with van der Waals surface area (Å²) in [6.07, 6.45) is -9.25. The molecule has 0 atom stereocenters. The van der Waals surface area contributed by atoms with Gasteiger partial charge in [0.2, 0.25) is 0 Å². The van der Waals surface area contributed by atoms with Crippen LogP contribution >= 0.6 is 0 Å². The van der Waals surface area contributed by atoms with Gasteiger partial charge in [0.15, 0.2) is 11.5 Å². The predicted molar refractivity (Wildman–Crippen MR) is 71.6 cm³/mol. The lowest BCUT2D eigenvalue weighted by Gasteiger charge is -2.21. The number of ether oxygens (including phenoxy) is 2. The van der Waals surface area contributed by atoms with Gasteiger partial charge in [-0.3, -0.25) is 0 Å². The molecular weight excluding hydrogens is 342 g/mol.